The summed E-state index contributed by atoms with van der Waals surface area (Å²) in [6.45, 7) is 3.59. The summed E-state index contributed by atoms with van der Waals surface area (Å²) >= 11 is 0. The lowest BCUT2D eigenvalue weighted by Crippen LogP contribution is -2.37. The van der Waals surface area contributed by atoms with Gasteiger partial charge in [-0.15, -0.1) is 0 Å². The molecule has 0 atom stereocenters. The molecule has 116 valence electrons. The molecule has 5 nitrogen and oxygen atoms in total. The molecule has 3 rings (SSSR count). The van der Waals surface area contributed by atoms with E-state index in [2.05, 4.69) is 11.0 Å². The number of aromatic nitrogens is 1. The van der Waals surface area contributed by atoms with Gasteiger partial charge in [0.25, 0.3) is 0 Å². The lowest BCUT2D eigenvalue weighted by atomic mass is 9.96. The molecule has 1 aromatic carbocycles. The highest BCUT2D eigenvalue weighted by molar-refractivity contribution is 5.99. The molecule has 2 N–H and O–H groups in total. The molecular formula is C17H21N3O2. The first-order valence-corrected chi connectivity index (χ1v) is 7.58. The van der Waals surface area contributed by atoms with Crippen molar-refractivity contribution in [1.29, 1.82) is 0 Å². The van der Waals surface area contributed by atoms with Gasteiger partial charge in [0.05, 0.1) is 13.0 Å². The van der Waals surface area contributed by atoms with Crippen molar-refractivity contribution in [2.24, 2.45) is 5.92 Å². The highest BCUT2D eigenvalue weighted by Gasteiger charge is 2.27. The number of carbonyl (C=O) groups excluding carboxylic acids is 1. The lowest BCUT2D eigenvalue weighted by Gasteiger charge is -2.32. The maximum absolute atomic E-state index is 11.6. The van der Waals surface area contributed by atoms with Crippen molar-refractivity contribution in [3.8, 4) is 0 Å². The third-order valence-corrected chi connectivity index (χ3v) is 4.35. The molecule has 0 saturated carbocycles. The van der Waals surface area contributed by atoms with Crippen molar-refractivity contribution in [1.82, 2.24) is 4.98 Å². The number of nitrogen functional groups attached to an aromatic ring is 1. The summed E-state index contributed by atoms with van der Waals surface area (Å²) in [6.07, 6.45) is 1.60. The first kappa shape index (κ1) is 14.6. The number of fused-ring (bicyclic) bond motifs is 1. The van der Waals surface area contributed by atoms with Crippen LogP contribution in [0.15, 0.2) is 24.3 Å². The van der Waals surface area contributed by atoms with Crippen LogP contribution in [0.4, 0.5) is 11.5 Å². The third-order valence-electron chi connectivity index (χ3n) is 4.35. The normalized spacial score (nSPS) is 16.0. The van der Waals surface area contributed by atoms with E-state index in [9.17, 15) is 4.79 Å². The standard InChI is InChI=1S/C17H21N3O2/c1-11-10-14-13(4-3-5-15(14)18)16(19-11)20-8-6-12(7-9-20)17(21)22-2/h3-5,10,12H,6-9,18H2,1-2H3. The predicted molar refractivity (Wildman–Crippen MR) is 87.8 cm³/mol. The molecule has 0 radical (unpaired) electrons. The van der Waals surface area contributed by atoms with E-state index in [0.717, 1.165) is 53.9 Å². The summed E-state index contributed by atoms with van der Waals surface area (Å²) < 4.78 is 4.85. The van der Waals surface area contributed by atoms with Gasteiger partial charge in [0.15, 0.2) is 0 Å². The Balaban J connectivity index is 1.92. The second-order valence-electron chi connectivity index (χ2n) is 5.81. The van der Waals surface area contributed by atoms with Crippen molar-refractivity contribution in [2.75, 3.05) is 30.8 Å². The van der Waals surface area contributed by atoms with Crippen molar-refractivity contribution in [3.05, 3.63) is 30.0 Å². The summed E-state index contributed by atoms with van der Waals surface area (Å²) in [7, 11) is 1.45. The fourth-order valence-corrected chi connectivity index (χ4v) is 3.14. The molecule has 0 spiro atoms. The number of hydrogen-bond acceptors (Lipinski definition) is 5. The van der Waals surface area contributed by atoms with Crippen LogP contribution < -0.4 is 10.6 Å². The van der Waals surface area contributed by atoms with Crippen molar-refractivity contribution in [2.45, 2.75) is 19.8 Å². The summed E-state index contributed by atoms with van der Waals surface area (Å²) in [5.74, 6) is 0.860. The second-order valence-corrected chi connectivity index (χ2v) is 5.81. The van der Waals surface area contributed by atoms with Crippen molar-refractivity contribution < 1.29 is 9.53 Å². The molecule has 2 aromatic rings. The van der Waals surface area contributed by atoms with E-state index >= 15 is 0 Å². The number of carbonyl (C=O) groups is 1. The summed E-state index contributed by atoms with van der Waals surface area (Å²) in [5.41, 5.74) is 7.82. The Bertz CT molecular complexity index is 706. The van der Waals surface area contributed by atoms with E-state index in [0.29, 0.717) is 0 Å². The first-order valence-electron chi connectivity index (χ1n) is 7.58. The Labute approximate surface area is 130 Å². The van der Waals surface area contributed by atoms with Crippen molar-refractivity contribution in [3.63, 3.8) is 0 Å². The third kappa shape index (κ3) is 2.58. The van der Waals surface area contributed by atoms with E-state index in [1.807, 2.05) is 25.1 Å². The van der Waals surface area contributed by atoms with Gasteiger partial charge in [-0.1, -0.05) is 12.1 Å². The number of rotatable bonds is 2. The molecule has 1 fully saturated rings. The van der Waals surface area contributed by atoms with Crippen molar-refractivity contribution >= 4 is 28.2 Å². The molecule has 22 heavy (non-hydrogen) atoms. The average molecular weight is 299 g/mol. The quantitative estimate of drug-likeness (QED) is 0.681. The number of hydrogen-bond donors (Lipinski definition) is 1. The minimum atomic E-state index is -0.106. The van der Waals surface area contributed by atoms with Gasteiger partial charge in [-0.05, 0) is 31.9 Å². The number of aryl methyl sites for hydroxylation is 1. The van der Waals surface area contributed by atoms with E-state index in [1.54, 1.807) is 0 Å². The number of esters is 1. The number of nitrogens with zero attached hydrogens (tertiary/aromatic N) is 2. The molecule has 1 aromatic heterocycles. The predicted octanol–water partition coefficient (Wildman–Crippen LogP) is 2.51. The number of methoxy groups -OCH3 is 1. The molecule has 5 heteroatoms. The monoisotopic (exact) mass is 299 g/mol. The van der Waals surface area contributed by atoms with Gasteiger partial charge in [0.2, 0.25) is 0 Å². The van der Waals surface area contributed by atoms with Crippen LogP contribution >= 0.6 is 0 Å². The van der Waals surface area contributed by atoms with Crippen LogP contribution in [0.1, 0.15) is 18.5 Å². The number of pyridine rings is 1. The first-order chi connectivity index (χ1) is 10.6. The fraction of sp³-hybridized carbons (Fsp3) is 0.412. The lowest BCUT2D eigenvalue weighted by molar-refractivity contribution is -0.146. The smallest absolute Gasteiger partial charge is 0.308 e. The zero-order valence-corrected chi connectivity index (χ0v) is 13.0. The SMILES string of the molecule is COC(=O)C1CCN(c2nc(C)cc3c(N)cccc23)CC1. The van der Waals surface area contributed by atoms with Gasteiger partial charge >= 0.3 is 5.97 Å². The van der Waals surface area contributed by atoms with Gasteiger partial charge in [-0.2, -0.15) is 0 Å². The number of nitrogens with two attached hydrogens (primary N) is 1. The van der Waals surface area contributed by atoms with Gasteiger partial charge in [-0.25, -0.2) is 4.98 Å². The van der Waals surface area contributed by atoms with Crippen LogP contribution in [0.25, 0.3) is 10.8 Å². The molecule has 1 aliphatic rings. The maximum atomic E-state index is 11.6. The molecule has 1 aliphatic heterocycles. The number of ether oxygens (including phenoxy) is 1. The summed E-state index contributed by atoms with van der Waals surface area (Å²) in [5, 5.41) is 2.11. The van der Waals surface area contributed by atoms with E-state index in [4.69, 9.17) is 15.5 Å². The van der Waals surface area contributed by atoms with Gasteiger partial charge in [0, 0.05) is 35.2 Å². The Kier molecular flexibility index (Phi) is 3.88. The Morgan fingerprint density at radius 2 is 2.05 bits per heavy atom. The Morgan fingerprint density at radius 3 is 2.73 bits per heavy atom. The van der Waals surface area contributed by atoms with Gasteiger partial charge in [0.1, 0.15) is 5.82 Å². The summed E-state index contributed by atoms with van der Waals surface area (Å²) in [6, 6.07) is 7.95. The molecular weight excluding hydrogens is 278 g/mol. The second kappa shape index (κ2) is 5.83. The minimum Gasteiger partial charge on any atom is -0.469 e. The maximum Gasteiger partial charge on any atom is 0.308 e. The Morgan fingerprint density at radius 1 is 1.32 bits per heavy atom. The topological polar surface area (TPSA) is 68.5 Å². The molecule has 0 amide bonds. The van der Waals surface area contributed by atoms with Crippen LogP contribution in [0.2, 0.25) is 0 Å². The Hall–Kier alpha value is -2.30. The van der Waals surface area contributed by atoms with Crippen LogP contribution in [-0.4, -0.2) is 31.2 Å². The van der Waals surface area contributed by atoms with E-state index in [-0.39, 0.29) is 11.9 Å². The highest BCUT2D eigenvalue weighted by Crippen LogP contribution is 2.32. The molecule has 2 heterocycles. The number of anilines is 2. The zero-order chi connectivity index (χ0) is 15.7. The average Bonchev–Trinajstić information content (AvgIpc) is 2.54. The number of benzene rings is 1. The fourth-order valence-electron chi connectivity index (χ4n) is 3.14. The molecule has 0 aliphatic carbocycles. The molecule has 0 unspecified atom stereocenters. The van der Waals surface area contributed by atoms with Crippen LogP contribution in [-0.2, 0) is 9.53 Å². The van der Waals surface area contributed by atoms with Gasteiger partial charge in [-0.3, -0.25) is 4.79 Å². The van der Waals surface area contributed by atoms with Crippen LogP contribution in [0.5, 0.6) is 0 Å². The number of piperidine rings is 1. The molecule has 1 saturated heterocycles. The minimum absolute atomic E-state index is 0.00222. The summed E-state index contributed by atoms with van der Waals surface area (Å²) in [4.78, 5) is 18.6. The zero-order valence-electron chi connectivity index (χ0n) is 13.0. The van der Waals surface area contributed by atoms with Crippen LogP contribution in [0, 0.1) is 12.8 Å². The molecule has 0 bridgehead atoms. The largest absolute Gasteiger partial charge is 0.469 e. The highest BCUT2D eigenvalue weighted by atomic mass is 16.5. The van der Waals surface area contributed by atoms with Crippen LogP contribution in [0.3, 0.4) is 0 Å². The van der Waals surface area contributed by atoms with E-state index < -0.39 is 0 Å². The van der Waals surface area contributed by atoms with E-state index in [1.165, 1.54) is 7.11 Å². The van der Waals surface area contributed by atoms with Gasteiger partial charge < -0.3 is 15.4 Å².